The quantitative estimate of drug-likeness (QED) is 0.531. The molecule has 2 aliphatic rings. The van der Waals surface area contributed by atoms with E-state index in [0.717, 1.165) is 11.1 Å². The smallest absolute Gasteiger partial charge is 0.193 e. The van der Waals surface area contributed by atoms with Crippen LogP contribution < -0.4 is 0 Å². The zero-order valence-electron chi connectivity index (χ0n) is 22.0. The number of ether oxygens (including phenoxy) is 4. The SMILES string of the molecule is C[C@H](O)c1cc(C2OCC(C)(C)CO2)ccc1C(=O)c1ccc(C2OCC(C)(C)CO2)cc1[C@H](C)O. The van der Waals surface area contributed by atoms with E-state index in [1.807, 2.05) is 0 Å². The number of benzene rings is 2. The van der Waals surface area contributed by atoms with E-state index in [0.29, 0.717) is 48.7 Å². The molecule has 2 heterocycles. The highest BCUT2D eigenvalue weighted by Gasteiger charge is 2.32. The second kappa shape index (κ2) is 10.3. The van der Waals surface area contributed by atoms with Crippen LogP contribution in [0.5, 0.6) is 0 Å². The van der Waals surface area contributed by atoms with Gasteiger partial charge in [-0.3, -0.25) is 4.79 Å². The van der Waals surface area contributed by atoms with E-state index in [9.17, 15) is 15.0 Å². The maximum atomic E-state index is 13.7. The van der Waals surface area contributed by atoms with Crippen LogP contribution in [0.1, 0.15) is 105 Å². The molecule has 0 aliphatic carbocycles. The van der Waals surface area contributed by atoms with Crippen molar-refractivity contribution in [3.05, 3.63) is 69.8 Å². The maximum Gasteiger partial charge on any atom is 0.193 e. The van der Waals surface area contributed by atoms with Crippen molar-refractivity contribution < 1.29 is 34.0 Å². The third-order valence-electron chi connectivity index (χ3n) is 6.59. The second-order valence-electron chi connectivity index (χ2n) is 11.6. The average molecular weight is 499 g/mol. The molecule has 7 heteroatoms. The summed E-state index contributed by atoms with van der Waals surface area (Å²) in [5.41, 5.74) is 3.07. The fourth-order valence-corrected chi connectivity index (χ4v) is 4.48. The van der Waals surface area contributed by atoms with Crippen LogP contribution in [0.25, 0.3) is 0 Å². The van der Waals surface area contributed by atoms with Gasteiger partial charge in [0.25, 0.3) is 0 Å². The van der Waals surface area contributed by atoms with E-state index < -0.39 is 24.8 Å². The number of aliphatic hydroxyl groups is 2. The molecule has 0 unspecified atom stereocenters. The van der Waals surface area contributed by atoms with Gasteiger partial charge in [0.1, 0.15) is 0 Å². The number of rotatable bonds is 6. The molecule has 2 aromatic rings. The van der Waals surface area contributed by atoms with Gasteiger partial charge in [-0.2, -0.15) is 0 Å². The first-order valence-corrected chi connectivity index (χ1v) is 12.5. The predicted molar refractivity (Wildman–Crippen MR) is 134 cm³/mol. The molecule has 4 rings (SSSR count). The summed E-state index contributed by atoms with van der Waals surface area (Å²) in [4.78, 5) is 13.7. The Morgan fingerprint density at radius 3 is 1.36 bits per heavy atom. The lowest BCUT2D eigenvalue weighted by Gasteiger charge is -2.35. The van der Waals surface area contributed by atoms with Gasteiger partial charge < -0.3 is 29.2 Å². The van der Waals surface area contributed by atoms with E-state index in [-0.39, 0.29) is 16.6 Å². The zero-order chi connectivity index (χ0) is 26.3. The molecule has 196 valence electrons. The minimum Gasteiger partial charge on any atom is -0.389 e. The summed E-state index contributed by atoms with van der Waals surface area (Å²) >= 11 is 0. The molecule has 2 N–H and O–H groups in total. The molecule has 2 aromatic carbocycles. The number of hydrogen-bond donors (Lipinski definition) is 2. The molecule has 0 amide bonds. The summed E-state index contributed by atoms with van der Waals surface area (Å²) < 4.78 is 23.6. The number of hydrogen-bond acceptors (Lipinski definition) is 7. The lowest BCUT2D eigenvalue weighted by atomic mass is 9.89. The van der Waals surface area contributed by atoms with Gasteiger partial charge >= 0.3 is 0 Å². The van der Waals surface area contributed by atoms with E-state index in [1.165, 1.54) is 0 Å². The minimum absolute atomic E-state index is 0.0625. The van der Waals surface area contributed by atoms with Gasteiger partial charge in [-0.1, -0.05) is 52.0 Å². The highest BCUT2D eigenvalue weighted by molar-refractivity contribution is 6.11. The van der Waals surface area contributed by atoms with Crippen LogP contribution in [0.4, 0.5) is 0 Å². The molecule has 2 aliphatic heterocycles. The van der Waals surface area contributed by atoms with E-state index in [4.69, 9.17) is 18.9 Å². The van der Waals surface area contributed by atoms with Gasteiger partial charge in [0.05, 0.1) is 38.6 Å². The van der Waals surface area contributed by atoms with Crippen LogP contribution in [-0.2, 0) is 18.9 Å². The first-order chi connectivity index (χ1) is 16.9. The number of carbonyl (C=O) groups is 1. The van der Waals surface area contributed by atoms with Gasteiger partial charge in [-0.15, -0.1) is 0 Å². The molecule has 0 bridgehead atoms. The van der Waals surface area contributed by atoms with Crippen molar-refractivity contribution in [2.75, 3.05) is 26.4 Å². The Kier molecular flexibility index (Phi) is 7.72. The molecule has 0 spiro atoms. The van der Waals surface area contributed by atoms with Crippen LogP contribution in [0, 0.1) is 10.8 Å². The Bertz CT molecular complexity index is 997. The summed E-state index contributed by atoms with van der Waals surface area (Å²) in [5.74, 6) is -0.280. The first-order valence-electron chi connectivity index (χ1n) is 12.5. The molecular formula is C29H38O7. The van der Waals surface area contributed by atoms with Crippen molar-refractivity contribution in [1.82, 2.24) is 0 Å². The lowest BCUT2D eigenvalue weighted by Crippen LogP contribution is -2.33. The molecule has 2 fully saturated rings. The zero-order valence-corrected chi connectivity index (χ0v) is 22.0. The Balaban J connectivity index is 1.63. The first kappa shape index (κ1) is 26.9. The molecule has 7 nitrogen and oxygen atoms in total. The third-order valence-corrected chi connectivity index (χ3v) is 6.59. The molecular weight excluding hydrogens is 460 g/mol. The fourth-order valence-electron chi connectivity index (χ4n) is 4.48. The second-order valence-corrected chi connectivity index (χ2v) is 11.6. The molecule has 0 aromatic heterocycles. The predicted octanol–water partition coefficient (Wildman–Crippen LogP) is 5.17. The van der Waals surface area contributed by atoms with Crippen molar-refractivity contribution in [1.29, 1.82) is 0 Å². The normalized spacial score (nSPS) is 22.2. The van der Waals surface area contributed by atoms with Crippen molar-refractivity contribution in [3.8, 4) is 0 Å². The van der Waals surface area contributed by atoms with Crippen LogP contribution >= 0.6 is 0 Å². The fraction of sp³-hybridized carbons (Fsp3) is 0.552. The Morgan fingerprint density at radius 2 is 1.06 bits per heavy atom. The third kappa shape index (κ3) is 5.88. The standard InChI is InChI=1S/C29H38O7/c1-17(30)23-11-19(26-33-13-28(3,4)14-34-26)7-9-21(23)25(32)22-10-8-20(12-24(22)18(2)31)27-35-15-29(5,6)16-36-27/h7-12,17-18,26-27,30-31H,13-16H2,1-6H3/t17-,18-/m0/s1. The van der Waals surface area contributed by atoms with E-state index >= 15 is 0 Å². The van der Waals surface area contributed by atoms with Crippen molar-refractivity contribution >= 4 is 5.78 Å². The van der Waals surface area contributed by atoms with Gasteiger partial charge in [0.15, 0.2) is 18.4 Å². The number of carbonyl (C=O) groups excluding carboxylic acids is 1. The molecule has 0 saturated carbocycles. The molecule has 0 radical (unpaired) electrons. The van der Waals surface area contributed by atoms with Crippen LogP contribution in [-0.4, -0.2) is 42.4 Å². The van der Waals surface area contributed by atoms with Crippen LogP contribution in [0.15, 0.2) is 36.4 Å². The van der Waals surface area contributed by atoms with Crippen LogP contribution in [0.2, 0.25) is 0 Å². The highest BCUT2D eigenvalue weighted by Crippen LogP contribution is 2.36. The summed E-state index contributed by atoms with van der Waals surface area (Å²) in [6, 6.07) is 10.5. The number of aliphatic hydroxyl groups excluding tert-OH is 2. The number of ketones is 1. The summed E-state index contributed by atoms with van der Waals surface area (Å²) in [6.07, 6.45) is -2.86. The van der Waals surface area contributed by atoms with Gasteiger partial charge in [-0.25, -0.2) is 0 Å². The monoisotopic (exact) mass is 498 g/mol. The molecule has 36 heavy (non-hydrogen) atoms. The highest BCUT2D eigenvalue weighted by atomic mass is 16.7. The summed E-state index contributed by atoms with van der Waals surface area (Å²) in [7, 11) is 0. The lowest BCUT2D eigenvalue weighted by molar-refractivity contribution is -0.226. The average Bonchev–Trinajstić information content (AvgIpc) is 2.83. The van der Waals surface area contributed by atoms with Gasteiger partial charge in [0.2, 0.25) is 0 Å². The molecule has 2 saturated heterocycles. The van der Waals surface area contributed by atoms with Gasteiger partial charge in [0, 0.05) is 33.1 Å². The van der Waals surface area contributed by atoms with Crippen molar-refractivity contribution in [3.63, 3.8) is 0 Å². The summed E-state index contributed by atoms with van der Waals surface area (Å²) in [5, 5.41) is 21.1. The van der Waals surface area contributed by atoms with E-state index in [2.05, 4.69) is 27.7 Å². The Hall–Kier alpha value is -2.13. The minimum atomic E-state index is -0.884. The Morgan fingerprint density at radius 1 is 0.722 bits per heavy atom. The van der Waals surface area contributed by atoms with Gasteiger partial charge in [-0.05, 0) is 37.1 Å². The van der Waals surface area contributed by atoms with E-state index in [1.54, 1.807) is 50.2 Å². The topological polar surface area (TPSA) is 94.5 Å². The molecule has 2 atom stereocenters. The van der Waals surface area contributed by atoms with Crippen molar-refractivity contribution in [2.24, 2.45) is 10.8 Å². The summed E-state index contributed by atoms with van der Waals surface area (Å²) in [6.45, 7) is 13.8. The van der Waals surface area contributed by atoms with Crippen molar-refractivity contribution in [2.45, 2.75) is 66.3 Å². The largest absolute Gasteiger partial charge is 0.389 e. The maximum absolute atomic E-state index is 13.7. The van der Waals surface area contributed by atoms with Crippen LogP contribution in [0.3, 0.4) is 0 Å². The Labute approximate surface area is 213 Å².